The second kappa shape index (κ2) is 10.3. The summed E-state index contributed by atoms with van der Waals surface area (Å²) < 4.78 is 22.5. The third kappa shape index (κ3) is 4.88. The van der Waals surface area contributed by atoms with Gasteiger partial charge in [-0.05, 0) is 30.2 Å². The molecule has 6 heteroatoms. The van der Waals surface area contributed by atoms with E-state index in [1.165, 1.54) is 0 Å². The Morgan fingerprint density at radius 2 is 1.29 bits per heavy atom. The predicted octanol–water partition coefficient (Wildman–Crippen LogP) is 7.23. The number of para-hydroxylation sites is 2. The molecule has 2 heterocycles. The molecule has 0 aromatic heterocycles. The van der Waals surface area contributed by atoms with E-state index in [1.807, 2.05) is 67.1 Å². The van der Waals surface area contributed by atoms with Gasteiger partial charge in [0.1, 0.15) is 5.75 Å². The van der Waals surface area contributed by atoms with Crippen LogP contribution < -0.4 is 9.64 Å². The lowest BCUT2D eigenvalue weighted by Gasteiger charge is -2.39. The molecule has 3 aromatic rings. The molecule has 0 radical (unpaired) electrons. The number of anilines is 1. The topological polar surface area (TPSA) is 32.8 Å². The summed E-state index contributed by atoms with van der Waals surface area (Å²) in [6, 6.07) is 28.8. The highest BCUT2D eigenvalue weighted by molar-refractivity contribution is 8.17. The summed E-state index contributed by atoms with van der Waals surface area (Å²) in [7, 11) is -2.84. The molecule has 0 amide bonds. The van der Waals surface area contributed by atoms with E-state index in [0.29, 0.717) is 6.61 Å². The second-order valence-corrected chi connectivity index (χ2v) is 11.8. The zero-order valence-corrected chi connectivity index (χ0v) is 21.1. The Morgan fingerprint density at radius 1 is 0.765 bits per heavy atom. The summed E-state index contributed by atoms with van der Waals surface area (Å²) in [5.41, 5.74) is 3.33. The number of rotatable bonds is 6. The average Bonchev–Trinajstić information content (AvgIpc) is 2.90. The van der Waals surface area contributed by atoms with E-state index in [9.17, 15) is 4.57 Å². The Morgan fingerprint density at radius 3 is 1.85 bits per heavy atom. The van der Waals surface area contributed by atoms with Crippen LogP contribution in [0.4, 0.5) is 5.69 Å². The maximum Gasteiger partial charge on any atom is 0.195 e. The van der Waals surface area contributed by atoms with Crippen LogP contribution in [0, 0.1) is 0 Å². The van der Waals surface area contributed by atoms with Crippen LogP contribution in [0.2, 0.25) is 0 Å². The lowest BCUT2D eigenvalue weighted by Crippen LogP contribution is -2.44. The van der Waals surface area contributed by atoms with Crippen molar-refractivity contribution in [2.24, 2.45) is 0 Å². The number of nitrogens with zero attached hydrogens (tertiary/aromatic N) is 2. The van der Waals surface area contributed by atoms with Crippen LogP contribution in [0.1, 0.15) is 18.1 Å². The molecule has 174 valence electrons. The van der Waals surface area contributed by atoms with E-state index in [4.69, 9.17) is 4.74 Å². The predicted molar refractivity (Wildman–Crippen MR) is 145 cm³/mol. The van der Waals surface area contributed by atoms with Gasteiger partial charge in [-0.1, -0.05) is 84.6 Å². The molecule has 2 aliphatic heterocycles. The molecule has 1 saturated heterocycles. The van der Waals surface area contributed by atoms with Crippen molar-refractivity contribution >= 4 is 34.6 Å². The Balaban J connectivity index is 1.43. The fourth-order valence-electron chi connectivity index (χ4n) is 4.42. The van der Waals surface area contributed by atoms with E-state index in [-0.39, 0.29) is 0 Å². The minimum atomic E-state index is -2.84. The fraction of sp³-hybridized carbons (Fsp3) is 0.214. The maximum atomic E-state index is 14.5. The first-order valence-corrected chi connectivity index (χ1v) is 14.3. The summed E-state index contributed by atoms with van der Waals surface area (Å²) in [6.07, 6.45) is 0. The van der Waals surface area contributed by atoms with Gasteiger partial charge in [0.2, 0.25) is 0 Å². The first kappa shape index (κ1) is 23.0. The van der Waals surface area contributed by atoms with Crippen molar-refractivity contribution in [3.8, 4) is 5.75 Å². The van der Waals surface area contributed by atoms with Gasteiger partial charge < -0.3 is 9.64 Å². The first-order valence-electron chi connectivity index (χ1n) is 11.7. The Hall–Kier alpha value is -2.72. The summed E-state index contributed by atoms with van der Waals surface area (Å²) in [5, 5.41) is 0. The summed E-state index contributed by atoms with van der Waals surface area (Å²) in [6.45, 7) is 5.74. The molecule has 0 spiro atoms. The van der Waals surface area contributed by atoms with Crippen LogP contribution in [0.5, 0.6) is 5.75 Å². The van der Waals surface area contributed by atoms with E-state index < -0.39 is 7.29 Å². The highest BCUT2D eigenvalue weighted by Gasteiger charge is 2.34. The highest BCUT2D eigenvalue weighted by Crippen LogP contribution is 2.63. The van der Waals surface area contributed by atoms with Gasteiger partial charge in [0.05, 0.1) is 12.3 Å². The van der Waals surface area contributed by atoms with Crippen molar-refractivity contribution in [2.45, 2.75) is 6.92 Å². The molecule has 5 rings (SSSR count). The maximum absolute atomic E-state index is 14.5. The third-order valence-electron chi connectivity index (χ3n) is 6.14. The van der Waals surface area contributed by atoms with Gasteiger partial charge in [0.25, 0.3) is 0 Å². The van der Waals surface area contributed by atoms with E-state index in [1.54, 1.807) is 11.8 Å². The summed E-state index contributed by atoms with van der Waals surface area (Å²) >= 11 is 1.71. The Labute approximate surface area is 206 Å². The number of ether oxygens (including phenoxy) is 1. The van der Waals surface area contributed by atoms with Crippen molar-refractivity contribution in [3.05, 3.63) is 108 Å². The lowest BCUT2D eigenvalue weighted by atomic mass is 10.2. The molecule has 0 aliphatic carbocycles. The largest absolute Gasteiger partial charge is 0.492 e. The van der Waals surface area contributed by atoms with Crippen LogP contribution in [0.15, 0.2) is 96.6 Å². The minimum Gasteiger partial charge on any atom is -0.492 e. The normalized spacial score (nSPS) is 18.2. The lowest BCUT2D eigenvalue weighted by molar-refractivity contribution is 0.337. The number of benzene rings is 3. The van der Waals surface area contributed by atoms with E-state index in [2.05, 4.69) is 46.0 Å². The second-order valence-electron chi connectivity index (χ2n) is 8.33. The Bertz CT molecular complexity index is 1180. The molecule has 0 atom stereocenters. The van der Waals surface area contributed by atoms with Crippen LogP contribution in [0.25, 0.3) is 9.81 Å². The molecular weight excluding hydrogens is 459 g/mol. The average molecular weight is 489 g/mol. The molecule has 0 bridgehead atoms. The van der Waals surface area contributed by atoms with Gasteiger partial charge in [-0.3, -0.25) is 4.57 Å². The third-order valence-corrected chi connectivity index (χ3v) is 10.2. The quantitative estimate of drug-likeness (QED) is 0.342. The number of piperazine rings is 1. The smallest absolute Gasteiger partial charge is 0.195 e. The number of hydrogen-bond acceptors (Lipinski definition) is 4. The van der Waals surface area contributed by atoms with Gasteiger partial charge in [-0.2, -0.15) is 0 Å². The fourth-order valence-corrected chi connectivity index (χ4v) is 8.67. The monoisotopic (exact) mass is 488 g/mol. The molecule has 1 fully saturated rings. The van der Waals surface area contributed by atoms with Crippen molar-refractivity contribution in [3.63, 3.8) is 0 Å². The standard InChI is InChI=1S/C28H29N2O2PS/c1-2-32-26-16-10-9-15-25(26)29-17-19-30(20-18-29)33(31)21-27(23-11-5-3-6-12-23)34-28(22-33)24-13-7-4-8-14-24/h3-16,21-22H,2,17-20H2,1H3. The van der Waals surface area contributed by atoms with Gasteiger partial charge in [0, 0.05) is 47.6 Å². The van der Waals surface area contributed by atoms with Gasteiger partial charge >= 0.3 is 0 Å². The van der Waals surface area contributed by atoms with Crippen molar-refractivity contribution in [2.75, 3.05) is 37.7 Å². The highest BCUT2D eigenvalue weighted by atomic mass is 32.2. The van der Waals surface area contributed by atoms with Crippen LogP contribution in [-0.4, -0.2) is 37.5 Å². The van der Waals surface area contributed by atoms with Crippen molar-refractivity contribution < 1.29 is 9.30 Å². The summed E-state index contributed by atoms with van der Waals surface area (Å²) in [5.74, 6) is 4.95. The summed E-state index contributed by atoms with van der Waals surface area (Å²) in [4.78, 5) is 4.47. The van der Waals surface area contributed by atoms with Gasteiger partial charge in [-0.25, -0.2) is 4.67 Å². The number of thioether (sulfide) groups is 1. The first-order chi connectivity index (χ1) is 16.7. The number of hydrogen-bond donors (Lipinski definition) is 0. The van der Waals surface area contributed by atoms with Crippen LogP contribution >= 0.6 is 19.1 Å². The SMILES string of the molecule is CCOc1ccccc1N1CCN(P2(=O)C=C(c3ccccc3)SC(c3ccccc3)=C2)CC1. The molecular formula is C28H29N2O2PS. The molecule has 0 saturated carbocycles. The van der Waals surface area contributed by atoms with Gasteiger partial charge in [-0.15, -0.1) is 0 Å². The van der Waals surface area contributed by atoms with Crippen LogP contribution in [0.3, 0.4) is 0 Å². The molecule has 4 nitrogen and oxygen atoms in total. The molecule has 0 N–H and O–H groups in total. The van der Waals surface area contributed by atoms with E-state index >= 15 is 0 Å². The van der Waals surface area contributed by atoms with Gasteiger partial charge in [0.15, 0.2) is 7.29 Å². The molecule has 2 aliphatic rings. The minimum absolute atomic E-state index is 0.643. The van der Waals surface area contributed by atoms with Crippen LogP contribution in [-0.2, 0) is 4.57 Å². The Kier molecular flexibility index (Phi) is 6.96. The molecule has 0 unspecified atom stereocenters. The van der Waals surface area contributed by atoms with Crippen molar-refractivity contribution in [1.82, 2.24) is 4.67 Å². The zero-order chi connectivity index (χ0) is 23.4. The molecule has 34 heavy (non-hydrogen) atoms. The molecule has 3 aromatic carbocycles. The van der Waals surface area contributed by atoms with E-state index in [0.717, 1.165) is 58.6 Å². The van der Waals surface area contributed by atoms with Crippen molar-refractivity contribution in [1.29, 1.82) is 0 Å². The zero-order valence-electron chi connectivity index (χ0n) is 19.3.